The van der Waals surface area contributed by atoms with Gasteiger partial charge < -0.3 is 14.5 Å². The lowest BCUT2D eigenvalue weighted by atomic mass is 9.93. The molecule has 1 atom stereocenters. The average Bonchev–Trinajstić information content (AvgIpc) is 3.07. The van der Waals surface area contributed by atoms with E-state index in [-0.39, 0.29) is 24.5 Å². The molecule has 1 aliphatic rings. The van der Waals surface area contributed by atoms with E-state index < -0.39 is 0 Å². The number of rotatable bonds is 7. The van der Waals surface area contributed by atoms with Gasteiger partial charge in [-0.2, -0.15) is 0 Å². The number of hydrogen-bond donors (Lipinski definition) is 1. The van der Waals surface area contributed by atoms with Gasteiger partial charge in [-0.25, -0.2) is 0 Å². The van der Waals surface area contributed by atoms with Crippen LogP contribution >= 0.6 is 0 Å². The van der Waals surface area contributed by atoms with Gasteiger partial charge in [0.05, 0.1) is 5.69 Å². The Balaban J connectivity index is 1.71. The first-order chi connectivity index (χ1) is 12.2. The van der Waals surface area contributed by atoms with Crippen LogP contribution in [0.1, 0.15) is 42.8 Å². The zero-order valence-electron chi connectivity index (χ0n) is 14.8. The highest BCUT2D eigenvalue weighted by Crippen LogP contribution is 2.31. The molecule has 0 radical (unpaired) electrons. The Bertz CT molecular complexity index is 691. The van der Waals surface area contributed by atoms with Crippen molar-refractivity contribution in [2.24, 2.45) is 0 Å². The minimum absolute atomic E-state index is 0.136. The second-order valence-corrected chi connectivity index (χ2v) is 6.35. The number of benzene rings is 1. The smallest absolute Gasteiger partial charge is 0.244 e. The first kappa shape index (κ1) is 17.6. The molecule has 6 nitrogen and oxygen atoms in total. The lowest BCUT2D eigenvalue weighted by Gasteiger charge is -2.42. The van der Waals surface area contributed by atoms with Crippen LogP contribution in [0, 0.1) is 0 Å². The predicted molar refractivity (Wildman–Crippen MR) is 93.9 cm³/mol. The van der Waals surface area contributed by atoms with Crippen molar-refractivity contribution in [2.45, 2.75) is 32.4 Å². The largest absolute Gasteiger partial charge is 0.388 e. The Kier molecular flexibility index (Phi) is 5.50. The van der Waals surface area contributed by atoms with Gasteiger partial charge in [-0.1, -0.05) is 49.3 Å². The molecule has 0 spiro atoms. The van der Waals surface area contributed by atoms with Gasteiger partial charge >= 0.3 is 0 Å². The zero-order chi connectivity index (χ0) is 17.8. The van der Waals surface area contributed by atoms with Gasteiger partial charge in [0.25, 0.3) is 0 Å². The lowest BCUT2D eigenvalue weighted by molar-refractivity contribution is -0.142. The number of likely N-dealkylation sites (tertiary alicyclic amines) is 1. The minimum Gasteiger partial charge on any atom is -0.388 e. The molecule has 1 aromatic heterocycles. The molecule has 6 heteroatoms. The van der Waals surface area contributed by atoms with Crippen molar-refractivity contribution in [3.05, 3.63) is 53.4 Å². The van der Waals surface area contributed by atoms with Gasteiger partial charge in [0.2, 0.25) is 5.91 Å². The Hall–Kier alpha value is -2.18. The molecule has 0 saturated carbocycles. The molecule has 1 unspecified atom stereocenters. The van der Waals surface area contributed by atoms with Gasteiger partial charge in [0.15, 0.2) is 5.76 Å². The third-order valence-corrected chi connectivity index (χ3v) is 4.87. The Morgan fingerprint density at radius 1 is 1.32 bits per heavy atom. The molecule has 0 aliphatic carbocycles. The summed E-state index contributed by atoms with van der Waals surface area (Å²) in [5.74, 6) is 0.781. The van der Waals surface area contributed by atoms with Gasteiger partial charge in [-0.05, 0) is 18.7 Å². The van der Waals surface area contributed by atoms with Crippen molar-refractivity contribution in [1.29, 1.82) is 0 Å². The molecule has 25 heavy (non-hydrogen) atoms. The molecule has 1 fully saturated rings. The summed E-state index contributed by atoms with van der Waals surface area (Å²) in [4.78, 5) is 17.2. The summed E-state index contributed by atoms with van der Waals surface area (Å²) in [5, 5.41) is 13.1. The molecule has 1 amide bonds. The first-order valence-electron chi connectivity index (χ1n) is 8.82. The van der Waals surface area contributed by atoms with Crippen LogP contribution in [-0.2, 0) is 11.4 Å². The number of aliphatic hydroxyl groups excluding tert-OH is 1. The number of aromatic nitrogens is 1. The fourth-order valence-corrected chi connectivity index (χ4v) is 3.35. The normalized spacial score (nSPS) is 16.1. The monoisotopic (exact) mass is 343 g/mol. The Labute approximate surface area is 148 Å². The number of amides is 1. The second kappa shape index (κ2) is 7.80. The van der Waals surface area contributed by atoms with Crippen molar-refractivity contribution in [1.82, 2.24) is 15.0 Å². The highest BCUT2D eigenvalue weighted by atomic mass is 16.5. The van der Waals surface area contributed by atoms with Gasteiger partial charge in [0.1, 0.15) is 12.6 Å². The average molecular weight is 343 g/mol. The van der Waals surface area contributed by atoms with Crippen molar-refractivity contribution in [2.75, 3.05) is 26.2 Å². The maximum Gasteiger partial charge on any atom is 0.244 e. The molecule has 1 aromatic carbocycles. The van der Waals surface area contributed by atoms with Crippen LogP contribution in [0.25, 0.3) is 0 Å². The molecule has 2 aromatic rings. The number of carbonyl (C=O) groups excluding carboxylic acids is 1. The van der Waals surface area contributed by atoms with Gasteiger partial charge in [-0.15, -0.1) is 0 Å². The summed E-state index contributed by atoms with van der Waals surface area (Å²) in [7, 11) is 0. The van der Waals surface area contributed by atoms with Crippen LogP contribution < -0.4 is 0 Å². The predicted octanol–water partition coefficient (Wildman–Crippen LogP) is 2.18. The molecule has 3 rings (SSSR count). The van der Waals surface area contributed by atoms with Crippen molar-refractivity contribution in [3.63, 3.8) is 0 Å². The van der Waals surface area contributed by atoms with Crippen LogP contribution in [-0.4, -0.2) is 52.1 Å². The summed E-state index contributed by atoms with van der Waals surface area (Å²) in [6.45, 7) is 6.93. The summed E-state index contributed by atoms with van der Waals surface area (Å²) in [6.07, 6.45) is 0. The molecule has 134 valence electrons. The third kappa shape index (κ3) is 3.60. The van der Waals surface area contributed by atoms with Crippen molar-refractivity contribution < 1.29 is 14.4 Å². The van der Waals surface area contributed by atoms with E-state index in [0.717, 1.165) is 24.3 Å². The molecular weight excluding hydrogens is 318 g/mol. The SMILES string of the molecule is CCN(CC)C(C(=O)N1CC(c2cc(CO)on2)C1)c1ccccc1. The number of likely N-dealkylation sites (N-methyl/N-ethyl adjacent to an activating group) is 1. The van der Waals surface area contributed by atoms with Gasteiger partial charge in [-0.3, -0.25) is 9.69 Å². The fraction of sp³-hybridized carbons (Fsp3) is 0.474. The summed E-state index contributed by atoms with van der Waals surface area (Å²) in [6, 6.07) is 11.5. The summed E-state index contributed by atoms with van der Waals surface area (Å²) >= 11 is 0. The number of hydrogen-bond acceptors (Lipinski definition) is 5. The quantitative estimate of drug-likeness (QED) is 0.834. The van der Waals surface area contributed by atoms with Crippen LogP contribution in [0.4, 0.5) is 0 Å². The molecular formula is C19H25N3O3. The van der Waals surface area contributed by atoms with E-state index >= 15 is 0 Å². The van der Waals surface area contributed by atoms with E-state index in [1.807, 2.05) is 35.2 Å². The number of carbonyl (C=O) groups is 1. The lowest BCUT2D eigenvalue weighted by Crippen LogP contribution is -2.53. The third-order valence-electron chi connectivity index (χ3n) is 4.87. The molecule has 0 bridgehead atoms. The summed E-state index contributed by atoms with van der Waals surface area (Å²) in [5.41, 5.74) is 1.84. The zero-order valence-corrected chi connectivity index (χ0v) is 14.8. The number of nitrogens with zero attached hydrogens (tertiary/aromatic N) is 3. The molecule has 1 saturated heterocycles. The van der Waals surface area contributed by atoms with E-state index in [1.54, 1.807) is 6.07 Å². The van der Waals surface area contributed by atoms with E-state index in [1.165, 1.54) is 0 Å². The highest BCUT2D eigenvalue weighted by Gasteiger charge is 2.38. The van der Waals surface area contributed by atoms with Crippen LogP contribution in [0.2, 0.25) is 0 Å². The molecule has 2 heterocycles. The Morgan fingerprint density at radius 2 is 2.00 bits per heavy atom. The molecule has 1 N–H and O–H groups in total. The van der Waals surface area contributed by atoms with Crippen molar-refractivity contribution in [3.8, 4) is 0 Å². The second-order valence-electron chi connectivity index (χ2n) is 6.35. The van der Waals surface area contributed by atoms with Gasteiger partial charge in [0, 0.05) is 25.1 Å². The standard InChI is InChI=1S/C19H25N3O3/c1-3-21(4-2)18(14-8-6-5-7-9-14)19(24)22-11-15(12-22)17-10-16(13-23)25-20-17/h5-10,15,18,23H,3-4,11-13H2,1-2H3. The van der Waals surface area contributed by atoms with Crippen molar-refractivity contribution >= 4 is 5.91 Å². The highest BCUT2D eigenvalue weighted by molar-refractivity contribution is 5.84. The van der Waals surface area contributed by atoms with Crippen LogP contribution in [0.15, 0.2) is 40.9 Å². The van der Waals surface area contributed by atoms with E-state index in [0.29, 0.717) is 18.8 Å². The Morgan fingerprint density at radius 3 is 2.56 bits per heavy atom. The fourth-order valence-electron chi connectivity index (χ4n) is 3.35. The topological polar surface area (TPSA) is 69.8 Å². The summed E-state index contributed by atoms with van der Waals surface area (Å²) < 4.78 is 5.04. The van der Waals surface area contributed by atoms with E-state index in [2.05, 4.69) is 23.9 Å². The maximum absolute atomic E-state index is 13.1. The molecule has 1 aliphatic heterocycles. The minimum atomic E-state index is -0.248. The van der Waals surface area contributed by atoms with Crippen LogP contribution in [0.5, 0.6) is 0 Å². The maximum atomic E-state index is 13.1. The number of aliphatic hydroxyl groups is 1. The van der Waals surface area contributed by atoms with E-state index in [4.69, 9.17) is 9.63 Å². The van der Waals surface area contributed by atoms with Crippen LogP contribution in [0.3, 0.4) is 0 Å². The van der Waals surface area contributed by atoms with E-state index in [9.17, 15) is 4.79 Å². The first-order valence-corrected chi connectivity index (χ1v) is 8.82.